The van der Waals surface area contributed by atoms with Gasteiger partial charge in [0.05, 0.1) is 5.39 Å². The average molecular weight is 331 g/mol. The fourth-order valence-electron chi connectivity index (χ4n) is 2.10. The Morgan fingerprint density at radius 3 is 2.55 bits per heavy atom. The van der Waals surface area contributed by atoms with Gasteiger partial charge in [-0.15, -0.1) is 0 Å². The second kappa shape index (κ2) is 5.13. The maximum Gasteiger partial charge on any atom is 0.235 e. The van der Waals surface area contributed by atoms with E-state index < -0.39 is 5.43 Å². The predicted octanol–water partition coefficient (Wildman–Crippen LogP) is 4.06. The highest BCUT2D eigenvalue weighted by atomic mass is 79.9. The maximum absolute atomic E-state index is 12.3. The lowest BCUT2D eigenvalue weighted by atomic mass is 10.1. The SMILES string of the molecule is O=c1c(O)c(-c2ccccc2)oc2ccc(CBr)cc12. The van der Waals surface area contributed by atoms with Gasteiger partial charge in [0.1, 0.15) is 5.58 Å². The largest absolute Gasteiger partial charge is 0.502 e. The molecule has 1 aromatic heterocycles. The summed E-state index contributed by atoms with van der Waals surface area (Å²) in [6.45, 7) is 0. The molecule has 4 heteroatoms. The molecule has 100 valence electrons. The maximum atomic E-state index is 12.3. The highest BCUT2D eigenvalue weighted by molar-refractivity contribution is 9.08. The fourth-order valence-corrected chi connectivity index (χ4v) is 2.45. The van der Waals surface area contributed by atoms with Crippen LogP contribution in [-0.4, -0.2) is 5.11 Å². The summed E-state index contributed by atoms with van der Waals surface area (Å²) in [5.41, 5.74) is 1.69. The van der Waals surface area contributed by atoms with Crippen LogP contribution in [0.15, 0.2) is 57.7 Å². The number of rotatable bonds is 2. The highest BCUT2D eigenvalue weighted by Gasteiger charge is 2.15. The van der Waals surface area contributed by atoms with Crippen LogP contribution >= 0.6 is 15.9 Å². The van der Waals surface area contributed by atoms with E-state index in [0.717, 1.165) is 5.56 Å². The van der Waals surface area contributed by atoms with Gasteiger partial charge in [-0.25, -0.2) is 0 Å². The molecule has 0 aliphatic rings. The van der Waals surface area contributed by atoms with E-state index in [1.807, 2.05) is 24.3 Å². The van der Waals surface area contributed by atoms with Crippen molar-refractivity contribution in [1.29, 1.82) is 0 Å². The smallest absolute Gasteiger partial charge is 0.235 e. The molecule has 0 spiro atoms. The van der Waals surface area contributed by atoms with Gasteiger partial charge in [0.25, 0.3) is 0 Å². The van der Waals surface area contributed by atoms with Crippen molar-refractivity contribution >= 4 is 26.9 Å². The van der Waals surface area contributed by atoms with Gasteiger partial charge in [-0.05, 0) is 17.7 Å². The first kappa shape index (κ1) is 12.9. The molecular formula is C16H11BrO3. The lowest BCUT2D eigenvalue weighted by Gasteiger charge is -2.06. The van der Waals surface area contributed by atoms with Crippen molar-refractivity contribution in [3.8, 4) is 17.1 Å². The van der Waals surface area contributed by atoms with E-state index >= 15 is 0 Å². The number of hydrogen-bond donors (Lipinski definition) is 1. The summed E-state index contributed by atoms with van der Waals surface area (Å²) >= 11 is 3.34. The third kappa shape index (κ3) is 2.12. The van der Waals surface area contributed by atoms with Gasteiger partial charge < -0.3 is 9.52 Å². The van der Waals surface area contributed by atoms with Crippen molar-refractivity contribution in [2.24, 2.45) is 0 Å². The molecular weight excluding hydrogens is 320 g/mol. The number of fused-ring (bicyclic) bond motifs is 1. The van der Waals surface area contributed by atoms with Gasteiger partial charge in [0.2, 0.25) is 11.2 Å². The first-order valence-electron chi connectivity index (χ1n) is 6.11. The Morgan fingerprint density at radius 2 is 1.85 bits per heavy atom. The molecule has 0 fully saturated rings. The van der Waals surface area contributed by atoms with E-state index in [1.165, 1.54) is 0 Å². The monoisotopic (exact) mass is 330 g/mol. The Bertz CT molecular complexity index is 822. The summed E-state index contributed by atoms with van der Waals surface area (Å²) in [5, 5.41) is 11.1. The minimum Gasteiger partial charge on any atom is -0.502 e. The van der Waals surface area contributed by atoms with E-state index in [4.69, 9.17) is 4.42 Å². The fraction of sp³-hybridized carbons (Fsp3) is 0.0625. The van der Waals surface area contributed by atoms with Crippen molar-refractivity contribution in [2.75, 3.05) is 0 Å². The summed E-state index contributed by atoms with van der Waals surface area (Å²) in [5.74, 6) is -0.148. The van der Waals surface area contributed by atoms with Crippen molar-refractivity contribution in [3.63, 3.8) is 0 Å². The number of alkyl halides is 1. The molecule has 20 heavy (non-hydrogen) atoms. The van der Waals surface area contributed by atoms with Crippen molar-refractivity contribution in [3.05, 3.63) is 64.3 Å². The van der Waals surface area contributed by atoms with Gasteiger partial charge >= 0.3 is 0 Å². The molecule has 0 saturated carbocycles. The molecule has 0 bridgehead atoms. The molecule has 3 rings (SSSR count). The molecule has 0 aliphatic heterocycles. The molecule has 3 aromatic rings. The Kier molecular flexibility index (Phi) is 3.32. The molecule has 1 N–H and O–H groups in total. The lowest BCUT2D eigenvalue weighted by molar-refractivity contribution is 0.449. The number of halogens is 1. The van der Waals surface area contributed by atoms with Crippen LogP contribution in [0.5, 0.6) is 5.75 Å². The second-order valence-electron chi connectivity index (χ2n) is 4.44. The summed E-state index contributed by atoms with van der Waals surface area (Å²) < 4.78 is 5.69. The predicted molar refractivity (Wildman–Crippen MR) is 82.2 cm³/mol. The van der Waals surface area contributed by atoms with Gasteiger partial charge in [-0.3, -0.25) is 4.79 Å². The van der Waals surface area contributed by atoms with Crippen LogP contribution < -0.4 is 5.43 Å². The summed E-state index contributed by atoms with van der Waals surface area (Å²) in [6.07, 6.45) is 0. The van der Waals surface area contributed by atoms with Crippen molar-refractivity contribution in [1.82, 2.24) is 0 Å². The Hall–Kier alpha value is -2.07. The van der Waals surface area contributed by atoms with E-state index in [1.54, 1.807) is 24.3 Å². The first-order valence-corrected chi connectivity index (χ1v) is 7.23. The van der Waals surface area contributed by atoms with Gasteiger partial charge in [-0.1, -0.05) is 52.3 Å². The number of benzene rings is 2. The molecule has 0 amide bonds. The quantitative estimate of drug-likeness (QED) is 0.721. The Balaban J connectivity index is 2.32. The standard InChI is InChI=1S/C16H11BrO3/c17-9-10-6-7-13-12(8-10)14(18)15(19)16(20-13)11-4-2-1-3-5-11/h1-8,19H,9H2. The third-order valence-corrected chi connectivity index (χ3v) is 3.77. The van der Waals surface area contributed by atoms with Crippen LogP contribution in [0, 0.1) is 0 Å². The summed E-state index contributed by atoms with van der Waals surface area (Å²) in [4.78, 5) is 12.3. The summed E-state index contributed by atoms with van der Waals surface area (Å²) in [6, 6.07) is 14.4. The Labute approximate surface area is 123 Å². The zero-order chi connectivity index (χ0) is 14.1. The number of hydrogen-bond acceptors (Lipinski definition) is 3. The third-order valence-electron chi connectivity index (χ3n) is 3.12. The second-order valence-corrected chi connectivity index (χ2v) is 5.00. The van der Waals surface area contributed by atoms with Crippen LogP contribution in [0.3, 0.4) is 0 Å². The summed E-state index contributed by atoms with van der Waals surface area (Å²) in [7, 11) is 0. The van der Waals surface area contributed by atoms with E-state index in [9.17, 15) is 9.90 Å². The average Bonchev–Trinajstić information content (AvgIpc) is 2.51. The molecule has 0 radical (unpaired) electrons. The van der Waals surface area contributed by atoms with Gasteiger partial charge in [-0.2, -0.15) is 0 Å². The topological polar surface area (TPSA) is 50.4 Å². The van der Waals surface area contributed by atoms with Crippen molar-refractivity contribution in [2.45, 2.75) is 5.33 Å². The van der Waals surface area contributed by atoms with E-state index in [2.05, 4.69) is 15.9 Å². The van der Waals surface area contributed by atoms with Crippen LogP contribution in [-0.2, 0) is 5.33 Å². The zero-order valence-electron chi connectivity index (χ0n) is 10.5. The van der Waals surface area contributed by atoms with Crippen LogP contribution in [0.2, 0.25) is 0 Å². The lowest BCUT2D eigenvalue weighted by Crippen LogP contribution is -2.03. The van der Waals surface area contributed by atoms with Crippen molar-refractivity contribution < 1.29 is 9.52 Å². The van der Waals surface area contributed by atoms with E-state index in [0.29, 0.717) is 21.9 Å². The minimum absolute atomic E-state index is 0.203. The van der Waals surface area contributed by atoms with E-state index in [-0.39, 0.29) is 11.5 Å². The normalized spacial score (nSPS) is 10.8. The molecule has 3 nitrogen and oxygen atoms in total. The van der Waals surface area contributed by atoms with Crippen LogP contribution in [0.1, 0.15) is 5.56 Å². The zero-order valence-corrected chi connectivity index (χ0v) is 12.1. The molecule has 2 aromatic carbocycles. The van der Waals surface area contributed by atoms with Gasteiger partial charge in [0, 0.05) is 10.9 Å². The molecule has 0 atom stereocenters. The van der Waals surface area contributed by atoms with Crippen LogP contribution in [0.4, 0.5) is 0 Å². The Morgan fingerprint density at radius 1 is 1.10 bits per heavy atom. The number of aromatic hydroxyl groups is 1. The first-order chi connectivity index (χ1) is 9.70. The van der Waals surface area contributed by atoms with Crippen LogP contribution in [0.25, 0.3) is 22.3 Å². The highest BCUT2D eigenvalue weighted by Crippen LogP contribution is 2.30. The van der Waals surface area contributed by atoms with Gasteiger partial charge in [0.15, 0.2) is 5.76 Å². The minimum atomic E-state index is -0.409. The molecule has 0 aliphatic carbocycles. The molecule has 1 heterocycles. The molecule has 0 saturated heterocycles. The molecule has 0 unspecified atom stereocenters.